The Morgan fingerprint density at radius 1 is 1.20 bits per heavy atom. The molecule has 5 nitrogen and oxygen atoms in total. The molecule has 0 aromatic heterocycles. The van der Waals surface area contributed by atoms with Gasteiger partial charge >= 0.3 is 0 Å². The maximum absolute atomic E-state index is 12.7. The lowest BCUT2D eigenvalue weighted by Gasteiger charge is -2.42. The summed E-state index contributed by atoms with van der Waals surface area (Å²) in [4.78, 5) is 17.2. The molecule has 2 rings (SSSR count). The summed E-state index contributed by atoms with van der Waals surface area (Å²) >= 11 is 0. The van der Waals surface area contributed by atoms with Crippen molar-refractivity contribution in [2.45, 2.75) is 83.7 Å². The molecule has 1 N–H and O–H groups in total. The van der Waals surface area contributed by atoms with Gasteiger partial charge in [0.25, 0.3) is 0 Å². The van der Waals surface area contributed by atoms with Gasteiger partial charge in [0, 0.05) is 44.9 Å². The summed E-state index contributed by atoms with van der Waals surface area (Å²) in [5.74, 6) is 0.299. The number of rotatable bonds is 5. The zero-order chi connectivity index (χ0) is 18.8. The van der Waals surface area contributed by atoms with Crippen molar-refractivity contribution < 1.29 is 9.22 Å². The van der Waals surface area contributed by atoms with E-state index in [0.717, 1.165) is 45.6 Å². The van der Waals surface area contributed by atoms with Crippen LogP contribution in [0.2, 0.25) is 18.1 Å². The van der Waals surface area contributed by atoms with Crippen molar-refractivity contribution in [1.82, 2.24) is 15.1 Å². The van der Waals surface area contributed by atoms with Crippen LogP contribution in [-0.4, -0.2) is 74.9 Å². The molecule has 2 aliphatic heterocycles. The van der Waals surface area contributed by atoms with E-state index in [9.17, 15) is 4.79 Å². The summed E-state index contributed by atoms with van der Waals surface area (Å²) < 4.78 is 6.32. The summed E-state index contributed by atoms with van der Waals surface area (Å²) in [5.41, 5.74) is 0. The van der Waals surface area contributed by atoms with Crippen LogP contribution in [0.5, 0.6) is 0 Å². The Morgan fingerprint density at radius 2 is 1.88 bits per heavy atom. The SMILES string of the molecule is C[C@@H]1CC[C@H](C(=O)N2CCN(CCO[Si](C)(C)C(C)(C)C)[C@H](C)C2)N1. The second-order valence-corrected chi connectivity index (χ2v) is 14.3. The Labute approximate surface area is 155 Å². The van der Waals surface area contributed by atoms with Gasteiger partial charge in [-0.25, -0.2) is 0 Å². The van der Waals surface area contributed by atoms with Gasteiger partial charge in [-0.1, -0.05) is 20.8 Å². The van der Waals surface area contributed by atoms with Crippen LogP contribution in [0.15, 0.2) is 0 Å². The van der Waals surface area contributed by atoms with Crippen LogP contribution in [0.1, 0.15) is 47.5 Å². The summed E-state index contributed by atoms with van der Waals surface area (Å²) in [5, 5.41) is 3.68. The summed E-state index contributed by atoms with van der Waals surface area (Å²) in [7, 11) is -1.67. The van der Waals surface area contributed by atoms with E-state index in [4.69, 9.17) is 4.43 Å². The average Bonchev–Trinajstić information content (AvgIpc) is 2.93. The van der Waals surface area contributed by atoms with E-state index in [0.29, 0.717) is 18.0 Å². The molecule has 0 saturated carbocycles. The molecule has 0 spiro atoms. The van der Waals surface area contributed by atoms with Gasteiger partial charge in [-0.3, -0.25) is 9.69 Å². The standard InChI is InChI=1S/C19H39N3O2Si/c1-15-8-9-17(20-15)18(23)22-11-10-21(16(2)14-22)12-13-24-25(6,7)19(3,4)5/h15-17,20H,8-14H2,1-7H3/t15-,16-,17-/m1/s1. The fourth-order valence-corrected chi connectivity index (χ4v) is 4.54. The minimum Gasteiger partial charge on any atom is -0.416 e. The third-order valence-corrected chi connectivity index (χ3v) is 10.9. The number of nitrogens with zero attached hydrogens (tertiary/aromatic N) is 2. The van der Waals surface area contributed by atoms with Gasteiger partial charge < -0.3 is 14.6 Å². The first-order valence-corrected chi connectivity index (χ1v) is 12.8. The first kappa shape index (κ1) is 20.9. The normalized spacial score (nSPS) is 29.2. The highest BCUT2D eigenvalue weighted by atomic mass is 28.4. The molecule has 25 heavy (non-hydrogen) atoms. The van der Waals surface area contributed by atoms with Crippen LogP contribution in [-0.2, 0) is 9.22 Å². The minimum atomic E-state index is -1.67. The molecule has 0 aliphatic carbocycles. The number of piperazine rings is 1. The van der Waals surface area contributed by atoms with E-state index in [2.05, 4.69) is 62.8 Å². The van der Waals surface area contributed by atoms with Crippen LogP contribution < -0.4 is 5.32 Å². The monoisotopic (exact) mass is 369 g/mol. The number of carbonyl (C=O) groups excluding carboxylic acids is 1. The third kappa shape index (κ3) is 5.28. The molecular weight excluding hydrogens is 330 g/mol. The fourth-order valence-electron chi connectivity index (χ4n) is 3.50. The Hall–Kier alpha value is -0.433. The first-order chi connectivity index (χ1) is 11.5. The maximum Gasteiger partial charge on any atom is 0.239 e. The van der Waals surface area contributed by atoms with E-state index in [1.54, 1.807) is 0 Å². The van der Waals surface area contributed by atoms with Crippen LogP contribution in [0.3, 0.4) is 0 Å². The van der Waals surface area contributed by atoms with Crippen LogP contribution >= 0.6 is 0 Å². The largest absolute Gasteiger partial charge is 0.416 e. The van der Waals surface area contributed by atoms with Crippen molar-refractivity contribution in [3.05, 3.63) is 0 Å². The van der Waals surface area contributed by atoms with Gasteiger partial charge in [0.15, 0.2) is 8.32 Å². The molecule has 0 aromatic rings. The maximum atomic E-state index is 12.7. The molecular formula is C19H39N3O2Si. The van der Waals surface area contributed by atoms with E-state index in [1.807, 2.05) is 0 Å². The molecule has 146 valence electrons. The lowest BCUT2D eigenvalue weighted by molar-refractivity contribution is -0.136. The van der Waals surface area contributed by atoms with E-state index < -0.39 is 8.32 Å². The number of nitrogens with one attached hydrogen (secondary N) is 1. The molecule has 3 atom stereocenters. The lowest BCUT2D eigenvalue weighted by Crippen LogP contribution is -2.57. The average molecular weight is 370 g/mol. The predicted octanol–water partition coefficient (Wildman–Crippen LogP) is 2.68. The quantitative estimate of drug-likeness (QED) is 0.757. The molecule has 0 aromatic carbocycles. The third-order valence-electron chi connectivity index (χ3n) is 6.40. The molecule has 2 aliphatic rings. The van der Waals surface area contributed by atoms with Gasteiger partial charge in [0.2, 0.25) is 5.91 Å². The zero-order valence-corrected chi connectivity index (χ0v) is 18.4. The molecule has 0 radical (unpaired) electrons. The van der Waals surface area contributed by atoms with E-state index in [1.165, 1.54) is 0 Å². The summed E-state index contributed by atoms with van der Waals surface area (Å²) in [6.45, 7) is 20.3. The Bertz CT molecular complexity index is 464. The highest BCUT2D eigenvalue weighted by Crippen LogP contribution is 2.36. The van der Waals surface area contributed by atoms with Crippen LogP contribution in [0.4, 0.5) is 0 Å². The van der Waals surface area contributed by atoms with Gasteiger partial charge in [0.05, 0.1) is 6.04 Å². The molecule has 2 saturated heterocycles. The Balaban J connectivity index is 1.77. The fraction of sp³-hybridized carbons (Fsp3) is 0.947. The molecule has 6 heteroatoms. The van der Waals surface area contributed by atoms with Crippen molar-refractivity contribution >= 4 is 14.2 Å². The lowest BCUT2D eigenvalue weighted by atomic mass is 10.1. The number of carbonyl (C=O) groups is 1. The summed E-state index contributed by atoms with van der Waals surface area (Å²) in [6, 6.07) is 0.912. The van der Waals surface area contributed by atoms with Gasteiger partial charge in [-0.05, 0) is 44.8 Å². The Morgan fingerprint density at radius 3 is 2.40 bits per heavy atom. The zero-order valence-electron chi connectivity index (χ0n) is 17.4. The van der Waals surface area contributed by atoms with Gasteiger partial charge in [0.1, 0.15) is 0 Å². The number of hydrogen-bond acceptors (Lipinski definition) is 4. The number of hydrogen-bond donors (Lipinski definition) is 1. The minimum absolute atomic E-state index is 0.0377. The van der Waals surface area contributed by atoms with Crippen molar-refractivity contribution in [2.24, 2.45) is 0 Å². The molecule has 2 fully saturated rings. The highest BCUT2D eigenvalue weighted by molar-refractivity contribution is 6.74. The predicted molar refractivity (Wildman–Crippen MR) is 106 cm³/mol. The molecule has 2 heterocycles. The molecule has 1 amide bonds. The molecule has 0 unspecified atom stereocenters. The topological polar surface area (TPSA) is 44.8 Å². The van der Waals surface area contributed by atoms with Crippen molar-refractivity contribution in [1.29, 1.82) is 0 Å². The second-order valence-electron chi connectivity index (χ2n) is 9.48. The second kappa shape index (κ2) is 8.07. The smallest absolute Gasteiger partial charge is 0.239 e. The van der Waals surface area contributed by atoms with E-state index >= 15 is 0 Å². The summed E-state index contributed by atoms with van der Waals surface area (Å²) in [6.07, 6.45) is 2.09. The van der Waals surface area contributed by atoms with Crippen molar-refractivity contribution in [3.8, 4) is 0 Å². The van der Waals surface area contributed by atoms with Crippen molar-refractivity contribution in [3.63, 3.8) is 0 Å². The highest BCUT2D eigenvalue weighted by Gasteiger charge is 2.37. The number of amides is 1. The van der Waals surface area contributed by atoms with Gasteiger partial charge in [-0.2, -0.15) is 0 Å². The molecule has 0 bridgehead atoms. The Kier molecular flexibility index (Phi) is 6.74. The van der Waals surface area contributed by atoms with E-state index in [-0.39, 0.29) is 11.1 Å². The van der Waals surface area contributed by atoms with Crippen molar-refractivity contribution in [2.75, 3.05) is 32.8 Å². The first-order valence-electron chi connectivity index (χ1n) is 9.94. The van der Waals surface area contributed by atoms with Gasteiger partial charge in [-0.15, -0.1) is 0 Å². The van der Waals surface area contributed by atoms with Crippen LogP contribution in [0, 0.1) is 0 Å². The van der Waals surface area contributed by atoms with Crippen LogP contribution in [0.25, 0.3) is 0 Å².